The number of carbonyl (C=O) groups excluding carboxylic acids is 1. The van der Waals surface area contributed by atoms with Gasteiger partial charge in [-0.3, -0.25) is 4.79 Å². The second-order valence-corrected chi connectivity index (χ2v) is 4.66. The number of benzene rings is 1. The Morgan fingerprint density at radius 1 is 1.30 bits per heavy atom. The van der Waals surface area contributed by atoms with Gasteiger partial charge in [-0.15, -0.1) is 0 Å². The highest BCUT2D eigenvalue weighted by molar-refractivity contribution is 7.80. The van der Waals surface area contributed by atoms with Crippen LogP contribution in [0.25, 0.3) is 0 Å². The molecule has 0 unspecified atom stereocenters. The van der Waals surface area contributed by atoms with E-state index in [0.717, 1.165) is 6.07 Å². The number of hydrogen-bond acceptors (Lipinski definition) is 3. The molecule has 0 fully saturated rings. The van der Waals surface area contributed by atoms with Crippen LogP contribution in [0.1, 0.15) is 32.3 Å². The molecule has 1 aromatic rings. The summed E-state index contributed by atoms with van der Waals surface area (Å²) in [6.07, 6.45) is 0.991. The number of ether oxygens (including phenoxy) is 1. The average molecular weight is 301 g/mol. The smallest absolute Gasteiger partial charge is 0.224 e. The first kappa shape index (κ1) is 16.5. The van der Waals surface area contributed by atoms with Crippen molar-refractivity contribution >= 4 is 28.9 Å². The van der Waals surface area contributed by atoms with E-state index in [0.29, 0.717) is 13.0 Å². The molecule has 0 bridgehead atoms. The number of nitrogens with one attached hydrogen (secondary N) is 1. The van der Waals surface area contributed by atoms with Crippen LogP contribution in [0, 0.1) is 11.6 Å². The minimum atomic E-state index is -0.807. The van der Waals surface area contributed by atoms with Crippen LogP contribution in [0.5, 0.6) is 0 Å². The number of carbonyl (C=O) groups is 1. The fourth-order valence-electron chi connectivity index (χ4n) is 1.63. The van der Waals surface area contributed by atoms with Crippen LogP contribution >= 0.6 is 12.2 Å². The van der Waals surface area contributed by atoms with Crippen LogP contribution < -0.4 is 5.32 Å². The largest absolute Gasteiger partial charge is 0.487 e. The maximum absolute atomic E-state index is 13.6. The second kappa shape index (κ2) is 7.89. The zero-order valence-corrected chi connectivity index (χ0v) is 12.3. The first-order chi connectivity index (χ1) is 9.47. The van der Waals surface area contributed by atoms with Crippen LogP contribution in [0.15, 0.2) is 12.1 Å². The lowest BCUT2D eigenvalue weighted by Crippen LogP contribution is -2.13. The van der Waals surface area contributed by atoms with Crippen molar-refractivity contribution in [1.82, 2.24) is 0 Å². The quantitative estimate of drug-likeness (QED) is 0.816. The lowest BCUT2D eigenvalue weighted by Gasteiger charge is -2.10. The standard InChI is InChI=1S/C14H17F2NO2S/c1-3-5-13(18)17-12-6-9(7-14(20)19-4-2)10(15)8-11(12)16/h6,8H,3-5,7H2,1-2H3,(H,17,18). The molecule has 1 rings (SSSR count). The van der Waals surface area contributed by atoms with Gasteiger partial charge in [0.05, 0.1) is 12.3 Å². The molecule has 3 nitrogen and oxygen atoms in total. The lowest BCUT2D eigenvalue weighted by atomic mass is 10.1. The molecule has 20 heavy (non-hydrogen) atoms. The summed E-state index contributed by atoms with van der Waals surface area (Å²) in [4.78, 5) is 11.5. The Kier molecular flexibility index (Phi) is 6.51. The summed E-state index contributed by atoms with van der Waals surface area (Å²) in [5.41, 5.74) is 0.149. The minimum Gasteiger partial charge on any atom is -0.487 e. The van der Waals surface area contributed by atoms with E-state index in [4.69, 9.17) is 17.0 Å². The lowest BCUT2D eigenvalue weighted by molar-refractivity contribution is -0.116. The van der Waals surface area contributed by atoms with Crippen molar-refractivity contribution in [3.8, 4) is 0 Å². The van der Waals surface area contributed by atoms with Gasteiger partial charge in [0, 0.05) is 18.9 Å². The van der Waals surface area contributed by atoms with E-state index in [1.165, 1.54) is 6.07 Å². The average Bonchev–Trinajstić information content (AvgIpc) is 2.35. The summed E-state index contributed by atoms with van der Waals surface area (Å²) in [5.74, 6) is -1.83. The molecule has 6 heteroatoms. The summed E-state index contributed by atoms with van der Waals surface area (Å²) < 4.78 is 32.3. The number of thiocarbonyl (C=S) groups is 1. The Balaban J connectivity index is 2.91. The number of hydrogen-bond donors (Lipinski definition) is 1. The molecule has 0 aliphatic heterocycles. The molecule has 1 amide bonds. The fraction of sp³-hybridized carbons (Fsp3) is 0.429. The molecular weight excluding hydrogens is 284 g/mol. The molecule has 1 N–H and O–H groups in total. The number of anilines is 1. The Morgan fingerprint density at radius 3 is 2.60 bits per heavy atom. The van der Waals surface area contributed by atoms with Gasteiger partial charge in [0.25, 0.3) is 0 Å². The predicted octanol–water partition coefficient (Wildman–Crippen LogP) is 3.61. The number of rotatable bonds is 6. The summed E-state index contributed by atoms with van der Waals surface area (Å²) in [5, 5.41) is 2.65. The Hall–Kier alpha value is -1.56. The van der Waals surface area contributed by atoms with Crippen molar-refractivity contribution in [1.29, 1.82) is 0 Å². The number of halogens is 2. The van der Waals surface area contributed by atoms with Gasteiger partial charge in [-0.25, -0.2) is 8.78 Å². The van der Waals surface area contributed by atoms with E-state index in [1.54, 1.807) is 6.92 Å². The second-order valence-electron chi connectivity index (χ2n) is 4.20. The molecular formula is C14H17F2NO2S. The molecule has 0 radical (unpaired) electrons. The third-order valence-electron chi connectivity index (χ3n) is 2.53. The van der Waals surface area contributed by atoms with E-state index >= 15 is 0 Å². The molecule has 0 aromatic heterocycles. The minimum absolute atomic E-state index is 0.0425. The van der Waals surface area contributed by atoms with Crippen molar-refractivity contribution in [2.24, 2.45) is 0 Å². The SMILES string of the molecule is CCCC(=O)Nc1cc(CC(=S)OCC)c(F)cc1F. The van der Waals surface area contributed by atoms with Gasteiger partial charge < -0.3 is 10.1 Å². The van der Waals surface area contributed by atoms with Crippen LogP contribution in [0.3, 0.4) is 0 Å². The fourth-order valence-corrected chi connectivity index (χ4v) is 1.91. The van der Waals surface area contributed by atoms with Crippen LogP contribution in [-0.2, 0) is 16.0 Å². The van der Waals surface area contributed by atoms with E-state index in [-0.39, 0.29) is 35.1 Å². The van der Waals surface area contributed by atoms with Gasteiger partial charge in [0.15, 0.2) is 5.05 Å². The topological polar surface area (TPSA) is 38.3 Å². The predicted molar refractivity (Wildman–Crippen MR) is 77.8 cm³/mol. The maximum Gasteiger partial charge on any atom is 0.224 e. The van der Waals surface area contributed by atoms with E-state index in [1.807, 2.05) is 6.92 Å². The van der Waals surface area contributed by atoms with Gasteiger partial charge in [-0.05, 0) is 37.2 Å². The van der Waals surface area contributed by atoms with Gasteiger partial charge in [-0.2, -0.15) is 0 Å². The Labute approximate surface area is 122 Å². The molecule has 0 atom stereocenters. The first-order valence-corrected chi connectivity index (χ1v) is 6.82. The molecule has 0 aliphatic carbocycles. The highest BCUT2D eigenvalue weighted by Gasteiger charge is 2.13. The van der Waals surface area contributed by atoms with Crippen molar-refractivity contribution in [3.63, 3.8) is 0 Å². The van der Waals surface area contributed by atoms with Crippen LogP contribution in [0.4, 0.5) is 14.5 Å². The molecule has 0 spiro atoms. The first-order valence-electron chi connectivity index (χ1n) is 6.41. The summed E-state index contributed by atoms with van der Waals surface area (Å²) in [6, 6.07) is 2.00. The third-order valence-corrected chi connectivity index (χ3v) is 2.79. The van der Waals surface area contributed by atoms with Crippen LogP contribution in [0.2, 0.25) is 0 Å². The third kappa shape index (κ3) is 4.85. The van der Waals surface area contributed by atoms with Crippen molar-refractivity contribution < 1.29 is 18.3 Å². The zero-order valence-electron chi connectivity index (χ0n) is 11.5. The molecule has 0 saturated heterocycles. The summed E-state index contributed by atoms with van der Waals surface area (Å²) >= 11 is 4.93. The van der Waals surface area contributed by atoms with Gasteiger partial charge in [0.2, 0.25) is 5.91 Å². The molecule has 0 heterocycles. The van der Waals surface area contributed by atoms with E-state index in [2.05, 4.69) is 5.32 Å². The molecule has 0 aliphatic rings. The monoisotopic (exact) mass is 301 g/mol. The van der Waals surface area contributed by atoms with E-state index in [9.17, 15) is 13.6 Å². The van der Waals surface area contributed by atoms with Gasteiger partial charge >= 0.3 is 0 Å². The molecule has 0 saturated carbocycles. The molecule has 110 valence electrons. The van der Waals surface area contributed by atoms with Gasteiger partial charge in [0.1, 0.15) is 11.6 Å². The maximum atomic E-state index is 13.6. The highest BCUT2D eigenvalue weighted by Crippen LogP contribution is 2.21. The summed E-state index contributed by atoms with van der Waals surface area (Å²) in [6.45, 7) is 4.00. The highest BCUT2D eigenvalue weighted by atomic mass is 32.1. The number of amides is 1. The Bertz CT molecular complexity index is 465. The zero-order chi connectivity index (χ0) is 15.1. The van der Waals surface area contributed by atoms with Crippen molar-refractivity contribution in [2.75, 3.05) is 11.9 Å². The Morgan fingerprint density at radius 2 is 2.00 bits per heavy atom. The van der Waals surface area contributed by atoms with Crippen LogP contribution in [-0.4, -0.2) is 17.6 Å². The summed E-state index contributed by atoms with van der Waals surface area (Å²) in [7, 11) is 0. The van der Waals surface area contributed by atoms with Gasteiger partial charge in [-0.1, -0.05) is 6.92 Å². The van der Waals surface area contributed by atoms with Crippen molar-refractivity contribution in [3.05, 3.63) is 29.3 Å². The van der Waals surface area contributed by atoms with Crippen molar-refractivity contribution in [2.45, 2.75) is 33.1 Å². The molecule has 1 aromatic carbocycles. The van der Waals surface area contributed by atoms with E-state index < -0.39 is 11.6 Å². The normalized spacial score (nSPS) is 10.2.